The highest BCUT2D eigenvalue weighted by Gasteiger charge is 2.80. The number of nitrogens with zero attached hydrogens (tertiary/aromatic N) is 1. The third kappa shape index (κ3) is 12.6. The molecule has 7 aliphatic rings. The van der Waals surface area contributed by atoms with Crippen molar-refractivity contribution in [2.45, 2.75) is 140 Å². The number of ether oxygens (including phenoxy) is 7. The monoisotopic (exact) mass is 1070 g/mol. The number of aliphatic hydroxyl groups is 1. The van der Waals surface area contributed by atoms with Crippen LogP contribution in [0, 0.1) is 52.3 Å². The number of alkyl carbamates (subject to hydrolysis) is 1. The Morgan fingerprint density at radius 2 is 1.62 bits per heavy atom. The second-order valence-corrected chi connectivity index (χ2v) is 24.8. The van der Waals surface area contributed by atoms with Crippen LogP contribution in [-0.2, 0) is 47.5 Å². The van der Waals surface area contributed by atoms with Gasteiger partial charge in [0.2, 0.25) is 11.7 Å². The number of ketones is 2. The molecule has 4 saturated carbocycles. The van der Waals surface area contributed by atoms with Gasteiger partial charge < -0.3 is 53.8 Å². The first-order valence-corrected chi connectivity index (χ1v) is 28.5. The predicted molar refractivity (Wildman–Crippen MR) is 271 cm³/mol. The lowest BCUT2D eigenvalue weighted by molar-refractivity contribution is -0.234. The summed E-state index contributed by atoms with van der Waals surface area (Å²) in [6.07, 6.45) is 2.93. The van der Waals surface area contributed by atoms with Crippen LogP contribution in [0.1, 0.15) is 98.8 Å². The van der Waals surface area contributed by atoms with E-state index in [0.29, 0.717) is 95.7 Å². The molecule has 16 nitrogen and oxygen atoms in total. The summed E-state index contributed by atoms with van der Waals surface area (Å²) in [6.45, 7) is 12.1. The van der Waals surface area contributed by atoms with Crippen LogP contribution >= 0.6 is 21.6 Å². The molecule has 3 amide bonds. The Labute approximate surface area is 437 Å². The van der Waals surface area contributed by atoms with Gasteiger partial charge >= 0.3 is 12.2 Å². The number of carbonyl (C=O) groups excluding carboxylic acids is 5. The Hall–Kier alpha value is -3.29. The maximum absolute atomic E-state index is 17.8. The summed E-state index contributed by atoms with van der Waals surface area (Å²) in [7, 11) is 4.58. The number of hydrogen-bond acceptors (Lipinski definition) is 15. The molecule has 0 aromatic heterocycles. The Morgan fingerprint density at radius 1 is 0.959 bits per heavy atom. The van der Waals surface area contributed by atoms with E-state index < -0.39 is 93.7 Å². The second kappa shape index (κ2) is 24.8. The molecule has 1 saturated heterocycles. The van der Waals surface area contributed by atoms with Crippen molar-refractivity contribution in [1.82, 2.24) is 15.5 Å². The first-order valence-electron chi connectivity index (χ1n) is 26.2. The van der Waals surface area contributed by atoms with Gasteiger partial charge in [-0.2, -0.15) is 0 Å². The smallest absolute Gasteiger partial charge is 0.409 e. The number of allylic oxidation sites excluding steroid dienone is 4. The van der Waals surface area contributed by atoms with Crippen LogP contribution in [0.2, 0.25) is 0 Å². The summed E-state index contributed by atoms with van der Waals surface area (Å²) in [5.74, 6) is 5.83. The van der Waals surface area contributed by atoms with E-state index in [4.69, 9.17) is 33.2 Å². The van der Waals surface area contributed by atoms with Gasteiger partial charge in [0, 0.05) is 73.2 Å². The first-order chi connectivity index (χ1) is 34.8. The zero-order chi connectivity index (χ0) is 52.6. The van der Waals surface area contributed by atoms with Crippen LogP contribution in [0.15, 0.2) is 23.8 Å². The number of carbonyl (C=O) groups is 5. The molecule has 0 aromatic carbocycles. The maximum atomic E-state index is 17.8. The molecule has 3 N–H and O–H groups in total. The van der Waals surface area contributed by atoms with Gasteiger partial charge in [0.05, 0.1) is 58.5 Å². The van der Waals surface area contributed by atoms with Gasteiger partial charge in [0.1, 0.15) is 6.17 Å². The minimum atomic E-state index is -2.33. The van der Waals surface area contributed by atoms with Crippen LogP contribution in [0.4, 0.5) is 18.4 Å². The topological polar surface area (TPSA) is 197 Å². The summed E-state index contributed by atoms with van der Waals surface area (Å²) in [6, 6.07) is 0. The first kappa shape index (κ1) is 57.4. The minimum absolute atomic E-state index is 0.0169. The molecule has 13 atom stereocenters. The molecule has 6 aliphatic carbocycles. The van der Waals surface area contributed by atoms with Crippen LogP contribution in [0.25, 0.3) is 0 Å². The number of hydrogen-bond donors (Lipinski definition) is 3. The van der Waals surface area contributed by atoms with Crippen LogP contribution in [-0.4, -0.2) is 166 Å². The third-order valence-corrected chi connectivity index (χ3v) is 19.7. The molecule has 0 bridgehead atoms. The van der Waals surface area contributed by atoms with Crippen molar-refractivity contribution in [3.8, 4) is 11.8 Å². The van der Waals surface area contributed by atoms with E-state index in [1.165, 1.54) is 45.6 Å². The Morgan fingerprint density at radius 3 is 2.29 bits per heavy atom. The number of nitrogens with one attached hydrogen (secondary N) is 2. The third-order valence-electron chi connectivity index (χ3n) is 16.5. The largest absolute Gasteiger partial charge is 0.449 e. The molecule has 408 valence electrons. The summed E-state index contributed by atoms with van der Waals surface area (Å²) < 4.78 is 74.0. The molecule has 0 radical (unpaired) electrons. The Bertz CT molecular complexity index is 2110. The van der Waals surface area contributed by atoms with E-state index in [-0.39, 0.29) is 43.7 Å². The molecule has 2 unspecified atom stereocenters. The highest BCUT2D eigenvalue weighted by molar-refractivity contribution is 8.77. The van der Waals surface area contributed by atoms with Crippen LogP contribution in [0.3, 0.4) is 0 Å². The Balaban J connectivity index is 0.740. The van der Waals surface area contributed by atoms with Gasteiger partial charge in [0.25, 0.3) is 0 Å². The van der Waals surface area contributed by atoms with E-state index >= 15 is 8.78 Å². The predicted octanol–water partition coefficient (Wildman–Crippen LogP) is 6.71. The lowest BCUT2D eigenvalue weighted by Gasteiger charge is -2.63. The molecule has 0 aromatic rings. The van der Waals surface area contributed by atoms with Crippen LogP contribution in [0.5, 0.6) is 0 Å². The molecule has 7 rings (SSSR count). The molecule has 1 aliphatic heterocycles. The number of Topliss-reactive ketones (excluding diaryl/α,β-unsaturated/α-hetero) is 1. The summed E-state index contributed by atoms with van der Waals surface area (Å²) >= 11 is 0. The lowest BCUT2D eigenvalue weighted by Crippen LogP contribution is -2.71. The number of fused-ring (bicyclic) bond motifs is 8. The summed E-state index contributed by atoms with van der Waals surface area (Å²) in [4.78, 5) is 66.2. The summed E-state index contributed by atoms with van der Waals surface area (Å²) in [5, 5.41) is 17.5. The highest BCUT2D eigenvalue weighted by atomic mass is 33.1. The van der Waals surface area contributed by atoms with E-state index in [1.54, 1.807) is 14.0 Å². The van der Waals surface area contributed by atoms with Crippen molar-refractivity contribution in [3.63, 3.8) is 0 Å². The van der Waals surface area contributed by atoms with Crippen molar-refractivity contribution in [3.05, 3.63) is 23.8 Å². The lowest BCUT2D eigenvalue weighted by atomic mass is 9.44. The number of halogens is 2. The van der Waals surface area contributed by atoms with Gasteiger partial charge in [-0.25, -0.2) is 18.4 Å². The summed E-state index contributed by atoms with van der Waals surface area (Å²) in [5.41, 5.74) is -6.79. The van der Waals surface area contributed by atoms with E-state index in [9.17, 15) is 29.1 Å². The molecular weight excluding hydrogens is 989 g/mol. The number of aliphatic hydroxyl groups excluding tert-OH is 1. The van der Waals surface area contributed by atoms with Crippen molar-refractivity contribution >= 4 is 51.2 Å². The van der Waals surface area contributed by atoms with E-state index in [0.717, 1.165) is 31.8 Å². The van der Waals surface area contributed by atoms with Gasteiger partial charge in [0.15, 0.2) is 29.9 Å². The number of alkyl halides is 2. The number of amides is 3. The Kier molecular flexibility index (Phi) is 19.5. The molecule has 73 heavy (non-hydrogen) atoms. The van der Waals surface area contributed by atoms with Gasteiger partial charge in [-0.3, -0.25) is 14.4 Å². The maximum Gasteiger partial charge on any atom is 0.409 e. The second-order valence-electron chi connectivity index (χ2n) is 21.7. The minimum Gasteiger partial charge on any atom is -0.449 e. The number of rotatable bonds is 26. The van der Waals surface area contributed by atoms with E-state index in [2.05, 4.69) is 22.5 Å². The average molecular weight is 1070 g/mol. The fourth-order valence-electron chi connectivity index (χ4n) is 12.7. The normalized spacial score (nSPS) is 34.8. The van der Waals surface area contributed by atoms with Crippen molar-refractivity contribution in [2.75, 3.05) is 85.3 Å². The molecule has 1 heterocycles. The molecular formula is C53H77F2N3O13S2. The molecule has 0 spiro atoms. The highest BCUT2D eigenvalue weighted by Crippen LogP contribution is 2.72. The zero-order valence-electron chi connectivity index (χ0n) is 43.4. The standard InChI is InChI=1S/C53H77F2N3O13S2/c1-7-12-46-70-44-29-38-39-28-41(54)40-27-34(59)15-16-50(40,4)52(39,55)42(60)30-51(38,5)53(44,71-46)43(61)33-69-48(64)58(6)19-26-72-73-49(2,3)31-45(62)56-17-20-65-22-24-67-25-23-66-21-18-57-47(63)68-32-37-35-13-10-8-9-11-14-36(35)37/h15-16,27,35-39,41-42,44,46,60H,7,10-14,17-26,28-33H2,1-6H3,(H,56,62)(H,57,63)/t35-,36+,37-,38?,39-,41-,42-,44+,46?,50-,51-,52-,53+/m0/s1. The van der Waals surface area contributed by atoms with Crippen LogP contribution < -0.4 is 10.6 Å². The molecule has 5 fully saturated rings. The SMILES string of the molecule is CCCC1O[C@@H]2CC3[C@@H]4C[C@H](F)C5=CC(=O)C=C[C@]5(C)[C@@]4(F)[C@@H](O)C[C@]3(C)[C@]2(C(=O)COC(=O)N(C)CCSSC(C)(C)CC(=O)NCCOCCOCCOCCNC(=O)OC[C@@H]2[C@@H]3CCC#CCC[C@@H]32)O1. The fraction of sp³-hybridized carbons (Fsp3) is 0.792. The van der Waals surface area contributed by atoms with Gasteiger partial charge in [-0.15, -0.1) is 11.8 Å². The zero-order valence-corrected chi connectivity index (χ0v) is 45.0. The fourth-order valence-corrected chi connectivity index (χ4v) is 15.3. The quantitative estimate of drug-likeness (QED) is 0.0469. The van der Waals surface area contributed by atoms with Gasteiger partial charge in [-0.1, -0.05) is 47.9 Å². The van der Waals surface area contributed by atoms with Crippen molar-refractivity contribution in [1.29, 1.82) is 0 Å². The van der Waals surface area contributed by atoms with Crippen molar-refractivity contribution in [2.24, 2.45) is 40.4 Å². The molecule has 20 heteroatoms. The van der Waals surface area contributed by atoms with E-state index in [1.807, 2.05) is 20.8 Å². The van der Waals surface area contributed by atoms with Gasteiger partial charge in [-0.05, 0) is 101 Å². The van der Waals surface area contributed by atoms with Crippen molar-refractivity contribution < 1.29 is 71.0 Å². The average Bonchev–Trinajstić information content (AvgIpc) is 3.72.